The third-order valence-corrected chi connectivity index (χ3v) is 4.47. The van der Waals surface area contributed by atoms with Gasteiger partial charge in [0.15, 0.2) is 0 Å². The van der Waals surface area contributed by atoms with Gasteiger partial charge in [-0.1, -0.05) is 6.07 Å². The predicted molar refractivity (Wildman–Crippen MR) is 73.5 cm³/mol. The zero-order valence-corrected chi connectivity index (χ0v) is 11.4. The van der Waals surface area contributed by atoms with E-state index in [4.69, 9.17) is 0 Å². The van der Waals surface area contributed by atoms with Gasteiger partial charge in [0, 0.05) is 11.9 Å². The lowest BCUT2D eigenvalue weighted by Gasteiger charge is -2.46. The Hall–Kier alpha value is -1.88. The van der Waals surface area contributed by atoms with Gasteiger partial charge in [0.2, 0.25) is 0 Å². The third kappa shape index (κ3) is 1.66. The molecule has 0 radical (unpaired) electrons. The SMILES string of the molecule is Cc1cccc2nc(C(=O)N3CC(O)(C4CC4)C3)cn12. The highest BCUT2D eigenvalue weighted by Gasteiger charge is 2.53. The van der Waals surface area contributed by atoms with Crippen molar-refractivity contribution in [3.8, 4) is 0 Å². The molecule has 1 aliphatic heterocycles. The van der Waals surface area contributed by atoms with Crippen LogP contribution >= 0.6 is 0 Å². The van der Waals surface area contributed by atoms with Crippen molar-refractivity contribution in [3.05, 3.63) is 35.8 Å². The van der Waals surface area contributed by atoms with Crippen LogP contribution in [0.15, 0.2) is 24.4 Å². The first-order valence-corrected chi connectivity index (χ1v) is 7.03. The molecule has 2 aliphatic rings. The number of rotatable bonds is 2. The highest BCUT2D eigenvalue weighted by Crippen LogP contribution is 2.44. The van der Waals surface area contributed by atoms with Crippen LogP contribution in [0.3, 0.4) is 0 Å². The number of aryl methyl sites for hydroxylation is 1. The van der Waals surface area contributed by atoms with Crippen molar-refractivity contribution >= 4 is 11.6 Å². The summed E-state index contributed by atoms with van der Waals surface area (Å²) in [5, 5.41) is 10.3. The summed E-state index contributed by atoms with van der Waals surface area (Å²) in [6, 6.07) is 5.81. The molecule has 5 nitrogen and oxygen atoms in total. The van der Waals surface area contributed by atoms with Crippen LogP contribution in [0.4, 0.5) is 0 Å². The smallest absolute Gasteiger partial charge is 0.274 e. The Morgan fingerprint density at radius 3 is 2.80 bits per heavy atom. The summed E-state index contributed by atoms with van der Waals surface area (Å²) in [6.07, 6.45) is 3.96. The van der Waals surface area contributed by atoms with Crippen LogP contribution in [0.2, 0.25) is 0 Å². The number of aromatic nitrogens is 2. The topological polar surface area (TPSA) is 57.8 Å². The van der Waals surface area contributed by atoms with E-state index in [0.29, 0.717) is 24.7 Å². The number of β-amino-alcohol motifs (C(OH)–C–C–N with tert-alkyl or cyclic N) is 1. The molecular weight excluding hydrogens is 254 g/mol. The van der Waals surface area contributed by atoms with Crippen molar-refractivity contribution in [2.24, 2.45) is 5.92 Å². The number of nitrogens with zero attached hydrogens (tertiary/aromatic N) is 3. The van der Waals surface area contributed by atoms with E-state index in [1.165, 1.54) is 0 Å². The molecule has 0 spiro atoms. The second-order valence-electron chi connectivity index (χ2n) is 6.06. The van der Waals surface area contributed by atoms with Crippen LogP contribution in [-0.2, 0) is 0 Å². The molecule has 5 heteroatoms. The summed E-state index contributed by atoms with van der Waals surface area (Å²) in [6.45, 7) is 2.88. The fourth-order valence-electron chi connectivity index (χ4n) is 3.05. The second-order valence-corrected chi connectivity index (χ2v) is 6.06. The van der Waals surface area contributed by atoms with Gasteiger partial charge < -0.3 is 14.4 Å². The minimum absolute atomic E-state index is 0.0848. The number of imidazole rings is 1. The molecule has 1 N–H and O–H groups in total. The molecule has 20 heavy (non-hydrogen) atoms. The summed E-state index contributed by atoms with van der Waals surface area (Å²) in [7, 11) is 0. The van der Waals surface area contributed by atoms with Gasteiger partial charge in [0.1, 0.15) is 16.9 Å². The van der Waals surface area contributed by atoms with Crippen LogP contribution in [0.1, 0.15) is 29.0 Å². The van der Waals surface area contributed by atoms with E-state index in [0.717, 1.165) is 24.2 Å². The second kappa shape index (κ2) is 3.82. The molecule has 0 bridgehead atoms. The van der Waals surface area contributed by atoms with Crippen LogP contribution in [0.25, 0.3) is 5.65 Å². The average Bonchev–Trinajstić information content (AvgIpc) is 3.14. The number of carbonyl (C=O) groups is 1. The number of hydrogen-bond acceptors (Lipinski definition) is 3. The van der Waals surface area contributed by atoms with Gasteiger partial charge in [-0.05, 0) is 37.8 Å². The summed E-state index contributed by atoms with van der Waals surface area (Å²) < 4.78 is 1.92. The monoisotopic (exact) mass is 271 g/mol. The van der Waals surface area contributed by atoms with Crippen molar-refractivity contribution in [3.63, 3.8) is 0 Å². The first-order chi connectivity index (χ1) is 9.57. The van der Waals surface area contributed by atoms with Crippen molar-refractivity contribution in [1.82, 2.24) is 14.3 Å². The maximum atomic E-state index is 12.4. The summed E-state index contributed by atoms with van der Waals surface area (Å²) in [5.74, 6) is 0.313. The van der Waals surface area contributed by atoms with Crippen molar-refractivity contribution in [2.45, 2.75) is 25.4 Å². The standard InChI is InChI=1S/C15H17N3O2/c1-10-3-2-4-13-16-12(7-18(10)13)14(19)17-8-15(20,9-17)11-5-6-11/h2-4,7,11,20H,5-6,8-9H2,1H3. The van der Waals surface area contributed by atoms with Crippen LogP contribution in [-0.4, -0.2) is 44.0 Å². The molecule has 0 atom stereocenters. The lowest BCUT2D eigenvalue weighted by Crippen LogP contribution is -2.64. The number of carbonyl (C=O) groups excluding carboxylic acids is 1. The third-order valence-electron chi connectivity index (χ3n) is 4.47. The van der Waals surface area contributed by atoms with Crippen molar-refractivity contribution < 1.29 is 9.90 Å². The first-order valence-electron chi connectivity index (χ1n) is 7.03. The number of pyridine rings is 1. The zero-order chi connectivity index (χ0) is 13.9. The maximum Gasteiger partial charge on any atom is 0.274 e. The summed E-state index contributed by atoms with van der Waals surface area (Å²) in [4.78, 5) is 18.4. The Balaban J connectivity index is 1.57. The van der Waals surface area contributed by atoms with E-state index in [2.05, 4.69) is 4.98 Å². The molecule has 2 fully saturated rings. The summed E-state index contributed by atoms with van der Waals surface area (Å²) in [5.41, 5.74) is 1.65. The van der Waals surface area contributed by atoms with Crippen LogP contribution < -0.4 is 0 Å². The molecule has 4 rings (SSSR count). The average molecular weight is 271 g/mol. The minimum atomic E-state index is -0.634. The molecule has 1 saturated carbocycles. The van der Waals surface area contributed by atoms with Gasteiger partial charge in [-0.2, -0.15) is 0 Å². The van der Waals surface area contributed by atoms with Gasteiger partial charge in [0.05, 0.1) is 13.1 Å². The molecule has 1 amide bonds. The Bertz CT molecular complexity index is 696. The fraction of sp³-hybridized carbons (Fsp3) is 0.467. The Labute approximate surface area is 116 Å². The first kappa shape index (κ1) is 11.9. The lowest BCUT2D eigenvalue weighted by molar-refractivity contribution is -0.0959. The molecule has 0 aromatic carbocycles. The minimum Gasteiger partial charge on any atom is -0.386 e. The predicted octanol–water partition coefficient (Wildman–Crippen LogP) is 1.24. The van der Waals surface area contributed by atoms with E-state index in [1.807, 2.05) is 29.5 Å². The zero-order valence-electron chi connectivity index (χ0n) is 11.4. The van der Waals surface area contributed by atoms with E-state index in [-0.39, 0.29) is 5.91 Å². The lowest BCUT2D eigenvalue weighted by atomic mass is 9.88. The molecule has 3 heterocycles. The van der Waals surface area contributed by atoms with E-state index in [9.17, 15) is 9.90 Å². The molecular formula is C15H17N3O2. The molecule has 104 valence electrons. The van der Waals surface area contributed by atoms with Gasteiger partial charge >= 0.3 is 0 Å². The largest absolute Gasteiger partial charge is 0.386 e. The van der Waals surface area contributed by atoms with Gasteiger partial charge in [-0.3, -0.25) is 4.79 Å². The van der Waals surface area contributed by atoms with Crippen LogP contribution in [0.5, 0.6) is 0 Å². The van der Waals surface area contributed by atoms with Gasteiger partial charge in [-0.15, -0.1) is 0 Å². The maximum absolute atomic E-state index is 12.4. The van der Waals surface area contributed by atoms with Crippen LogP contribution in [0, 0.1) is 12.8 Å². The molecule has 1 saturated heterocycles. The molecule has 2 aromatic heterocycles. The highest BCUT2D eigenvalue weighted by molar-refractivity contribution is 5.93. The normalized spacial score (nSPS) is 21.0. The Morgan fingerprint density at radius 1 is 1.40 bits per heavy atom. The number of hydrogen-bond donors (Lipinski definition) is 1. The van der Waals surface area contributed by atoms with Crippen molar-refractivity contribution in [1.29, 1.82) is 0 Å². The fourth-order valence-corrected chi connectivity index (χ4v) is 3.05. The number of aliphatic hydroxyl groups is 1. The Morgan fingerprint density at radius 2 is 2.15 bits per heavy atom. The van der Waals surface area contributed by atoms with Gasteiger partial charge in [-0.25, -0.2) is 4.98 Å². The molecule has 0 unspecified atom stereocenters. The highest BCUT2D eigenvalue weighted by atomic mass is 16.3. The number of fused-ring (bicyclic) bond motifs is 1. The summed E-state index contributed by atoms with van der Waals surface area (Å²) >= 11 is 0. The van der Waals surface area contributed by atoms with E-state index >= 15 is 0 Å². The molecule has 2 aromatic rings. The molecule has 1 aliphatic carbocycles. The quantitative estimate of drug-likeness (QED) is 0.894. The van der Waals surface area contributed by atoms with Gasteiger partial charge in [0.25, 0.3) is 5.91 Å². The number of amides is 1. The Kier molecular flexibility index (Phi) is 2.27. The van der Waals surface area contributed by atoms with E-state index in [1.54, 1.807) is 11.1 Å². The van der Waals surface area contributed by atoms with Crippen molar-refractivity contribution in [2.75, 3.05) is 13.1 Å². The number of likely N-dealkylation sites (tertiary alicyclic amines) is 1. The van der Waals surface area contributed by atoms with E-state index < -0.39 is 5.60 Å².